The highest BCUT2D eigenvalue weighted by atomic mass is 32.1. The molecule has 0 unspecified atom stereocenters. The summed E-state index contributed by atoms with van der Waals surface area (Å²) in [5.41, 5.74) is -0.109. The van der Waals surface area contributed by atoms with E-state index in [1.54, 1.807) is 0 Å². The SMILES string of the molecule is CCc1nsc(NCC2(CC(=O)O)CCCCC2)n1. The van der Waals surface area contributed by atoms with Gasteiger partial charge in [0.15, 0.2) is 0 Å². The van der Waals surface area contributed by atoms with Crippen molar-refractivity contribution in [1.82, 2.24) is 9.36 Å². The molecular formula is C13H21N3O2S. The van der Waals surface area contributed by atoms with Crippen molar-refractivity contribution in [2.24, 2.45) is 5.41 Å². The average molecular weight is 283 g/mol. The van der Waals surface area contributed by atoms with Crippen LogP contribution in [-0.4, -0.2) is 27.0 Å². The maximum Gasteiger partial charge on any atom is 0.303 e. The molecule has 0 radical (unpaired) electrons. The van der Waals surface area contributed by atoms with Crippen molar-refractivity contribution < 1.29 is 9.90 Å². The van der Waals surface area contributed by atoms with E-state index in [9.17, 15) is 4.79 Å². The summed E-state index contributed by atoms with van der Waals surface area (Å²) in [6, 6.07) is 0. The highest BCUT2D eigenvalue weighted by molar-refractivity contribution is 7.09. The van der Waals surface area contributed by atoms with E-state index in [-0.39, 0.29) is 11.8 Å². The number of hydrogen-bond donors (Lipinski definition) is 2. The van der Waals surface area contributed by atoms with Crippen LogP contribution >= 0.6 is 11.5 Å². The molecule has 0 amide bonds. The van der Waals surface area contributed by atoms with Crippen LogP contribution in [-0.2, 0) is 11.2 Å². The minimum Gasteiger partial charge on any atom is -0.481 e. The number of hydrogen-bond acceptors (Lipinski definition) is 5. The van der Waals surface area contributed by atoms with Gasteiger partial charge in [-0.3, -0.25) is 4.79 Å². The van der Waals surface area contributed by atoms with Gasteiger partial charge in [-0.25, -0.2) is 4.98 Å². The quantitative estimate of drug-likeness (QED) is 0.839. The van der Waals surface area contributed by atoms with Crippen molar-refractivity contribution in [2.45, 2.75) is 51.9 Å². The van der Waals surface area contributed by atoms with Crippen LogP contribution in [0.25, 0.3) is 0 Å². The van der Waals surface area contributed by atoms with Gasteiger partial charge in [-0.15, -0.1) is 0 Å². The molecule has 0 saturated heterocycles. The molecular weight excluding hydrogens is 262 g/mol. The zero-order valence-electron chi connectivity index (χ0n) is 11.3. The highest BCUT2D eigenvalue weighted by Gasteiger charge is 2.34. The molecule has 1 aliphatic rings. The Balaban J connectivity index is 1.97. The van der Waals surface area contributed by atoms with Crippen LogP contribution in [0.5, 0.6) is 0 Å². The molecule has 6 heteroatoms. The second-order valence-electron chi connectivity index (χ2n) is 5.35. The Morgan fingerprint density at radius 1 is 1.42 bits per heavy atom. The van der Waals surface area contributed by atoms with E-state index in [0.717, 1.165) is 43.1 Å². The van der Waals surface area contributed by atoms with Gasteiger partial charge in [0.25, 0.3) is 0 Å². The third-order valence-corrected chi connectivity index (χ3v) is 4.55. The first-order valence-electron chi connectivity index (χ1n) is 6.92. The number of aromatic nitrogens is 2. The van der Waals surface area contributed by atoms with Gasteiger partial charge in [-0.05, 0) is 18.3 Å². The Labute approximate surface area is 117 Å². The van der Waals surface area contributed by atoms with Crippen LogP contribution in [0.3, 0.4) is 0 Å². The summed E-state index contributed by atoms with van der Waals surface area (Å²) in [4.78, 5) is 15.5. The first kappa shape index (κ1) is 14.2. The normalized spacial score (nSPS) is 18.2. The second kappa shape index (κ2) is 6.32. The molecule has 0 aliphatic heterocycles. The van der Waals surface area contributed by atoms with Crippen molar-refractivity contribution in [3.05, 3.63) is 5.82 Å². The number of aliphatic carboxylic acids is 1. The van der Waals surface area contributed by atoms with Gasteiger partial charge in [0, 0.05) is 24.5 Å². The summed E-state index contributed by atoms with van der Waals surface area (Å²) in [6.07, 6.45) is 6.55. The Morgan fingerprint density at radius 3 is 2.74 bits per heavy atom. The molecule has 1 aromatic heterocycles. The molecule has 1 aromatic rings. The maximum atomic E-state index is 11.1. The molecule has 1 fully saturated rings. The first-order chi connectivity index (χ1) is 9.13. The van der Waals surface area contributed by atoms with Gasteiger partial charge in [0.1, 0.15) is 5.82 Å². The molecule has 0 atom stereocenters. The van der Waals surface area contributed by atoms with E-state index in [4.69, 9.17) is 5.11 Å². The maximum absolute atomic E-state index is 11.1. The topological polar surface area (TPSA) is 75.1 Å². The zero-order chi connectivity index (χ0) is 13.7. The van der Waals surface area contributed by atoms with Gasteiger partial charge in [-0.1, -0.05) is 26.2 Å². The standard InChI is InChI=1S/C13H21N3O2S/c1-2-10-15-12(19-16-10)14-9-13(8-11(17)18)6-4-3-5-7-13/h2-9H2,1H3,(H,17,18)(H,14,15,16). The van der Waals surface area contributed by atoms with Crippen LogP contribution in [0, 0.1) is 5.41 Å². The van der Waals surface area contributed by atoms with Crippen molar-refractivity contribution in [2.75, 3.05) is 11.9 Å². The summed E-state index contributed by atoms with van der Waals surface area (Å²) in [6.45, 7) is 2.72. The van der Waals surface area contributed by atoms with E-state index in [0.29, 0.717) is 6.54 Å². The average Bonchev–Trinajstić information content (AvgIpc) is 2.85. The lowest BCUT2D eigenvalue weighted by Gasteiger charge is -2.36. The van der Waals surface area contributed by atoms with E-state index in [1.807, 2.05) is 6.92 Å². The van der Waals surface area contributed by atoms with Crippen molar-refractivity contribution in [1.29, 1.82) is 0 Å². The summed E-state index contributed by atoms with van der Waals surface area (Å²) in [7, 11) is 0. The second-order valence-corrected chi connectivity index (χ2v) is 6.11. The minimum atomic E-state index is -0.699. The van der Waals surface area contributed by atoms with Gasteiger partial charge < -0.3 is 10.4 Å². The van der Waals surface area contributed by atoms with Gasteiger partial charge in [0.2, 0.25) is 5.13 Å². The predicted octanol–water partition coefficient (Wildman–Crippen LogP) is 2.94. The monoisotopic (exact) mass is 283 g/mol. The fraction of sp³-hybridized carbons (Fsp3) is 0.769. The van der Waals surface area contributed by atoms with Crippen molar-refractivity contribution >= 4 is 22.6 Å². The molecule has 0 aromatic carbocycles. The molecule has 0 bridgehead atoms. The van der Waals surface area contributed by atoms with Crippen molar-refractivity contribution in [3.63, 3.8) is 0 Å². The number of aryl methyl sites for hydroxylation is 1. The molecule has 19 heavy (non-hydrogen) atoms. The summed E-state index contributed by atoms with van der Waals surface area (Å²) in [5.74, 6) is 0.152. The number of carboxylic acids is 1. The number of rotatable bonds is 6. The van der Waals surface area contributed by atoms with Crippen LogP contribution in [0.4, 0.5) is 5.13 Å². The molecule has 0 spiro atoms. The Morgan fingerprint density at radius 2 is 2.16 bits per heavy atom. The van der Waals surface area contributed by atoms with Crippen LogP contribution in [0.1, 0.15) is 51.3 Å². The highest BCUT2D eigenvalue weighted by Crippen LogP contribution is 2.39. The number of nitrogens with one attached hydrogen (secondary N) is 1. The minimum absolute atomic E-state index is 0.109. The molecule has 2 N–H and O–H groups in total. The van der Waals surface area contributed by atoms with E-state index in [1.165, 1.54) is 18.0 Å². The van der Waals surface area contributed by atoms with E-state index >= 15 is 0 Å². The first-order valence-corrected chi connectivity index (χ1v) is 7.69. The third kappa shape index (κ3) is 3.89. The number of nitrogens with zero attached hydrogens (tertiary/aromatic N) is 2. The lowest BCUT2D eigenvalue weighted by Crippen LogP contribution is -2.34. The van der Waals surface area contributed by atoms with Crippen LogP contribution < -0.4 is 5.32 Å². The Kier molecular flexibility index (Phi) is 4.74. The summed E-state index contributed by atoms with van der Waals surface area (Å²) < 4.78 is 4.23. The summed E-state index contributed by atoms with van der Waals surface area (Å²) in [5, 5.41) is 13.2. The van der Waals surface area contributed by atoms with Gasteiger partial charge in [-0.2, -0.15) is 4.37 Å². The number of carboxylic acid groups (broad SMARTS) is 1. The fourth-order valence-corrected chi connectivity index (χ4v) is 3.42. The molecule has 1 aliphatic carbocycles. The van der Waals surface area contributed by atoms with E-state index < -0.39 is 5.97 Å². The molecule has 2 rings (SSSR count). The zero-order valence-corrected chi connectivity index (χ0v) is 12.1. The number of anilines is 1. The smallest absolute Gasteiger partial charge is 0.303 e. The molecule has 1 saturated carbocycles. The Bertz CT molecular complexity index is 427. The molecule has 106 valence electrons. The van der Waals surface area contributed by atoms with Crippen molar-refractivity contribution in [3.8, 4) is 0 Å². The lowest BCUT2D eigenvalue weighted by atomic mass is 9.72. The Hall–Kier alpha value is -1.17. The molecule has 1 heterocycles. The molecule has 5 nitrogen and oxygen atoms in total. The van der Waals surface area contributed by atoms with Gasteiger partial charge in [0.05, 0.1) is 6.42 Å². The predicted molar refractivity (Wildman–Crippen MR) is 75.5 cm³/mol. The largest absolute Gasteiger partial charge is 0.481 e. The van der Waals surface area contributed by atoms with Crippen LogP contribution in [0.2, 0.25) is 0 Å². The summed E-state index contributed by atoms with van der Waals surface area (Å²) >= 11 is 1.36. The third-order valence-electron chi connectivity index (χ3n) is 3.84. The van der Waals surface area contributed by atoms with Gasteiger partial charge >= 0.3 is 5.97 Å². The lowest BCUT2D eigenvalue weighted by molar-refractivity contribution is -0.140. The fourth-order valence-electron chi connectivity index (χ4n) is 2.77. The van der Waals surface area contributed by atoms with E-state index in [2.05, 4.69) is 14.7 Å². The van der Waals surface area contributed by atoms with Crippen LogP contribution in [0.15, 0.2) is 0 Å². The number of carbonyl (C=O) groups is 1.